The molecule has 1 aromatic carbocycles. The number of nitrogens with one attached hydrogen (secondary N) is 1. The highest BCUT2D eigenvalue weighted by Gasteiger charge is 1.97. The van der Waals surface area contributed by atoms with Crippen LogP contribution in [-0.2, 0) is 0 Å². The summed E-state index contributed by atoms with van der Waals surface area (Å²) in [6.07, 6.45) is 1.10. The van der Waals surface area contributed by atoms with Gasteiger partial charge in [-0.05, 0) is 13.3 Å². The van der Waals surface area contributed by atoms with E-state index in [1.807, 2.05) is 0 Å². The normalized spacial score (nSPS) is 9.69. The first-order valence-corrected chi connectivity index (χ1v) is 4.99. The van der Waals surface area contributed by atoms with Crippen LogP contribution in [0.25, 0.3) is 0 Å². The van der Waals surface area contributed by atoms with Gasteiger partial charge in [-0.1, -0.05) is 49.0 Å². The number of hydrogen-bond donors (Lipinski definition) is 1. The van der Waals surface area contributed by atoms with E-state index in [0.29, 0.717) is 0 Å². The van der Waals surface area contributed by atoms with Crippen LogP contribution in [0.15, 0.2) is 24.3 Å². The second-order valence-electron chi connectivity index (χ2n) is 3.12. The Balaban J connectivity index is 2.61. The highest BCUT2D eigenvalue weighted by Crippen LogP contribution is 2.03. The molecule has 1 nitrogen and oxygen atoms in total. The predicted molar refractivity (Wildman–Crippen MR) is 61.2 cm³/mol. The molecule has 0 fully saturated rings. The molecule has 2 heteroatoms. The van der Waals surface area contributed by atoms with Crippen LogP contribution < -0.4 is 5.32 Å². The largest absolute Gasteiger partial charge is 0.376 e. The SMILES string of the molecule is CCCNC(=S)c1ccc(C)cc1. The van der Waals surface area contributed by atoms with Gasteiger partial charge in [0, 0.05) is 12.1 Å². The minimum Gasteiger partial charge on any atom is -0.376 e. The van der Waals surface area contributed by atoms with Crippen LogP contribution in [-0.4, -0.2) is 11.5 Å². The van der Waals surface area contributed by atoms with E-state index in [1.165, 1.54) is 5.56 Å². The fourth-order valence-electron chi connectivity index (χ4n) is 1.05. The van der Waals surface area contributed by atoms with Crippen molar-refractivity contribution >= 4 is 17.2 Å². The first kappa shape index (κ1) is 10.2. The Kier molecular flexibility index (Phi) is 3.90. The van der Waals surface area contributed by atoms with Crippen molar-refractivity contribution in [3.05, 3.63) is 35.4 Å². The maximum atomic E-state index is 5.22. The zero-order valence-corrected chi connectivity index (χ0v) is 8.95. The van der Waals surface area contributed by atoms with Gasteiger partial charge >= 0.3 is 0 Å². The van der Waals surface area contributed by atoms with E-state index in [9.17, 15) is 0 Å². The van der Waals surface area contributed by atoms with Crippen LogP contribution in [0.2, 0.25) is 0 Å². The van der Waals surface area contributed by atoms with Crippen molar-refractivity contribution in [3.8, 4) is 0 Å². The van der Waals surface area contributed by atoms with Gasteiger partial charge < -0.3 is 5.32 Å². The van der Waals surface area contributed by atoms with Gasteiger partial charge in [-0.3, -0.25) is 0 Å². The zero-order valence-electron chi connectivity index (χ0n) is 8.13. The first-order valence-electron chi connectivity index (χ1n) is 4.59. The molecule has 0 aliphatic heterocycles. The Hall–Kier alpha value is -0.890. The molecule has 0 saturated heterocycles. The second kappa shape index (κ2) is 4.97. The van der Waals surface area contributed by atoms with Gasteiger partial charge in [-0.2, -0.15) is 0 Å². The molecule has 13 heavy (non-hydrogen) atoms. The van der Waals surface area contributed by atoms with E-state index in [0.717, 1.165) is 23.5 Å². The monoisotopic (exact) mass is 193 g/mol. The molecule has 70 valence electrons. The lowest BCUT2D eigenvalue weighted by Crippen LogP contribution is -2.22. The maximum absolute atomic E-state index is 5.22. The molecule has 1 aromatic rings. The summed E-state index contributed by atoms with van der Waals surface area (Å²) in [4.78, 5) is 0.849. The molecule has 0 amide bonds. The van der Waals surface area contributed by atoms with E-state index in [-0.39, 0.29) is 0 Å². The molecular weight excluding hydrogens is 178 g/mol. The Morgan fingerprint density at radius 2 is 1.92 bits per heavy atom. The molecule has 0 spiro atoms. The van der Waals surface area contributed by atoms with Crippen molar-refractivity contribution in [2.45, 2.75) is 20.3 Å². The summed E-state index contributed by atoms with van der Waals surface area (Å²) in [6.45, 7) is 5.16. The molecule has 0 aliphatic carbocycles. The van der Waals surface area contributed by atoms with Gasteiger partial charge in [0.1, 0.15) is 4.99 Å². The third kappa shape index (κ3) is 3.15. The van der Waals surface area contributed by atoms with Crippen molar-refractivity contribution in [1.82, 2.24) is 5.32 Å². The third-order valence-corrected chi connectivity index (χ3v) is 2.23. The molecule has 0 unspecified atom stereocenters. The van der Waals surface area contributed by atoms with Crippen molar-refractivity contribution in [2.75, 3.05) is 6.54 Å². The average molecular weight is 193 g/mol. The number of aryl methyl sites for hydroxylation is 1. The number of hydrogen-bond acceptors (Lipinski definition) is 1. The average Bonchev–Trinajstić information content (AvgIpc) is 2.15. The lowest BCUT2D eigenvalue weighted by atomic mass is 10.1. The summed E-state index contributed by atoms with van der Waals surface area (Å²) in [5, 5.41) is 3.20. The summed E-state index contributed by atoms with van der Waals surface area (Å²) in [7, 11) is 0. The molecule has 0 bridgehead atoms. The van der Waals surface area contributed by atoms with Crippen LogP contribution in [0.3, 0.4) is 0 Å². The summed E-state index contributed by atoms with van der Waals surface area (Å²) < 4.78 is 0. The van der Waals surface area contributed by atoms with Crippen LogP contribution in [0.4, 0.5) is 0 Å². The van der Waals surface area contributed by atoms with Crippen molar-refractivity contribution < 1.29 is 0 Å². The molecule has 0 aliphatic rings. The van der Waals surface area contributed by atoms with Gasteiger partial charge in [0.2, 0.25) is 0 Å². The number of benzene rings is 1. The maximum Gasteiger partial charge on any atom is 0.106 e. The van der Waals surface area contributed by atoms with Gasteiger partial charge in [-0.15, -0.1) is 0 Å². The summed E-state index contributed by atoms with van der Waals surface area (Å²) in [5.41, 5.74) is 2.37. The second-order valence-corrected chi connectivity index (χ2v) is 3.53. The highest BCUT2D eigenvalue weighted by molar-refractivity contribution is 7.80. The quantitative estimate of drug-likeness (QED) is 0.741. The fraction of sp³-hybridized carbons (Fsp3) is 0.364. The molecule has 0 saturated carbocycles. The van der Waals surface area contributed by atoms with Crippen molar-refractivity contribution in [3.63, 3.8) is 0 Å². The Morgan fingerprint density at radius 1 is 1.31 bits per heavy atom. The van der Waals surface area contributed by atoms with Gasteiger partial charge in [0.15, 0.2) is 0 Å². The van der Waals surface area contributed by atoms with E-state index >= 15 is 0 Å². The van der Waals surface area contributed by atoms with Gasteiger partial charge in [0.25, 0.3) is 0 Å². The van der Waals surface area contributed by atoms with E-state index < -0.39 is 0 Å². The van der Waals surface area contributed by atoms with Gasteiger partial charge in [-0.25, -0.2) is 0 Å². The van der Waals surface area contributed by atoms with Crippen molar-refractivity contribution in [1.29, 1.82) is 0 Å². The van der Waals surface area contributed by atoms with Gasteiger partial charge in [0.05, 0.1) is 0 Å². The van der Waals surface area contributed by atoms with Crippen LogP contribution in [0.1, 0.15) is 24.5 Å². The van der Waals surface area contributed by atoms with Crippen molar-refractivity contribution in [2.24, 2.45) is 0 Å². The molecule has 1 rings (SSSR count). The van der Waals surface area contributed by atoms with Crippen LogP contribution >= 0.6 is 12.2 Å². The standard InChI is InChI=1S/C11H15NS/c1-3-8-12-11(13)10-6-4-9(2)5-7-10/h4-7H,3,8H2,1-2H3,(H,12,13). The lowest BCUT2D eigenvalue weighted by molar-refractivity contribution is 0.848. The van der Waals surface area contributed by atoms with Crippen LogP contribution in [0, 0.1) is 6.92 Å². The molecular formula is C11H15NS. The number of thiocarbonyl (C=S) groups is 1. The number of rotatable bonds is 3. The highest BCUT2D eigenvalue weighted by atomic mass is 32.1. The fourth-order valence-corrected chi connectivity index (χ4v) is 1.28. The summed E-state index contributed by atoms with van der Waals surface area (Å²) in [6, 6.07) is 8.27. The van der Waals surface area contributed by atoms with E-state index in [4.69, 9.17) is 12.2 Å². The Morgan fingerprint density at radius 3 is 2.46 bits per heavy atom. The van der Waals surface area contributed by atoms with Crippen LogP contribution in [0.5, 0.6) is 0 Å². The van der Waals surface area contributed by atoms with E-state index in [2.05, 4.69) is 43.4 Å². The smallest absolute Gasteiger partial charge is 0.106 e. The molecule has 0 aromatic heterocycles. The van der Waals surface area contributed by atoms with E-state index in [1.54, 1.807) is 0 Å². The Labute approximate surface area is 85.2 Å². The topological polar surface area (TPSA) is 12.0 Å². The lowest BCUT2D eigenvalue weighted by Gasteiger charge is -2.06. The molecule has 0 atom stereocenters. The molecule has 1 N–H and O–H groups in total. The summed E-state index contributed by atoms with van der Waals surface area (Å²) in [5.74, 6) is 0. The molecule has 0 heterocycles. The third-order valence-electron chi connectivity index (χ3n) is 1.85. The predicted octanol–water partition coefficient (Wildman–Crippen LogP) is 2.67. The summed E-state index contributed by atoms with van der Waals surface area (Å²) >= 11 is 5.22. The minimum atomic E-state index is 0.849. The first-order chi connectivity index (χ1) is 6.24. The minimum absolute atomic E-state index is 0.849. The molecule has 0 radical (unpaired) electrons. The Bertz CT molecular complexity index is 277. The zero-order chi connectivity index (χ0) is 9.68.